The normalized spacial score (nSPS) is 14.9. The second-order valence-electron chi connectivity index (χ2n) is 5.06. The van der Waals surface area contributed by atoms with Crippen molar-refractivity contribution in [3.8, 4) is 0 Å². The van der Waals surface area contributed by atoms with Crippen molar-refractivity contribution >= 4 is 5.69 Å². The lowest BCUT2D eigenvalue weighted by Crippen LogP contribution is -2.22. The summed E-state index contributed by atoms with van der Waals surface area (Å²) in [6, 6.07) is 9.54. The predicted octanol–water partition coefficient (Wildman–Crippen LogP) is 3.17. The topological polar surface area (TPSA) is 15.3 Å². The Hall–Kier alpha value is -1.02. The number of rotatable bonds is 7. The third-order valence-corrected chi connectivity index (χ3v) is 3.41. The second-order valence-corrected chi connectivity index (χ2v) is 5.06. The number of anilines is 1. The number of nitrogens with zero attached hydrogens (tertiary/aromatic N) is 1. The average molecular weight is 232 g/mol. The molecule has 1 aliphatic carbocycles. The van der Waals surface area contributed by atoms with Crippen molar-refractivity contribution in [2.45, 2.75) is 45.2 Å². The summed E-state index contributed by atoms with van der Waals surface area (Å²) >= 11 is 0. The fourth-order valence-electron chi connectivity index (χ4n) is 2.09. The minimum atomic E-state index is 0.781. The summed E-state index contributed by atoms with van der Waals surface area (Å²) in [5.41, 5.74) is 2.81. The summed E-state index contributed by atoms with van der Waals surface area (Å²) in [6.07, 6.45) is 5.23. The smallest absolute Gasteiger partial charge is 0.0409 e. The highest BCUT2D eigenvalue weighted by Gasteiger charge is 2.20. The maximum absolute atomic E-state index is 3.60. The molecule has 0 bridgehead atoms. The van der Waals surface area contributed by atoms with E-state index >= 15 is 0 Å². The van der Waals surface area contributed by atoms with Crippen LogP contribution in [0.5, 0.6) is 0 Å². The standard InChI is InChI=1S/C15H24N2/c1-3-4-11-17(2)15-8-6-5-7-13(15)12-16-14-9-10-14/h5-8,14,16H,3-4,9-12H2,1-2H3. The van der Waals surface area contributed by atoms with E-state index in [2.05, 4.69) is 48.5 Å². The van der Waals surface area contributed by atoms with Gasteiger partial charge in [0.2, 0.25) is 0 Å². The fraction of sp³-hybridized carbons (Fsp3) is 0.600. The van der Waals surface area contributed by atoms with Gasteiger partial charge >= 0.3 is 0 Å². The van der Waals surface area contributed by atoms with Gasteiger partial charge in [0.25, 0.3) is 0 Å². The highest BCUT2D eigenvalue weighted by Crippen LogP contribution is 2.23. The van der Waals surface area contributed by atoms with Gasteiger partial charge in [-0.05, 0) is 30.9 Å². The maximum Gasteiger partial charge on any atom is 0.0409 e. The molecule has 1 aromatic carbocycles. The summed E-state index contributed by atoms with van der Waals surface area (Å²) in [6.45, 7) is 4.41. The Kier molecular flexibility index (Phi) is 4.43. The Bertz CT molecular complexity index is 345. The van der Waals surface area contributed by atoms with Crippen LogP contribution >= 0.6 is 0 Å². The number of hydrogen-bond donors (Lipinski definition) is 1. The molecule has 1 fully saturated rings. The third-order valence-electron chi connectivity index (χ3n) is 3.41. The molecular formula is C15H24N2. The van der Waals surface area contributed by atoms with Crippen molar-refractivity contribution in [3.05, 3.63) is 29.8 Å². The second kappa shape index (κ2) is 6.06. The van der Waals surface area contributed by atoms with Crippen LogP contribution in [0.4, 0.5) is 5.69 Å². The first kappa shape index (κ1) is 12.4. The molecule has 0 saturated heterocycles. The number of hydrogen-bond acceptors (Lipinski definition) is 2. The van der Waals surface area contributed by atoms with Gasteiger partial charge in [0, 0.05) is 31.9 Å². The molecular weight excluding hydrogens is 208 g/mol. The first-order chi connectivity index (χ1) is 8.31. The summed E-state index contributed by atoms with van der Waals surface area (Å²) in [5.74, 6) is 0. The lowest BCUT2D eigenvalue weighted by Gasteiger charge is -2.22. The van der Waals surface area contributed by atoms with E-state index in [9.17, 15) is 0 Å². The SMILES string of the molecule is CCCCN(C)c1ccccc1CNC1CC1. The van der Waals surface area contributed by atoms with Crippen LogP contribution in [-0.4, -0.2) is 19.6 Å². The minimum Gasteiger partial charge on any atom is -0.374 e. The van der Waals surface area contributed by atoms with Gasteiger partial charge in [-0.3, -0.25) is 0 Å². The Balaban J connectivity index is 1.97. The zero-order valence-electron chi connectivity index (χ0n) is 11.1. The Morgan fingerprint density at radius 3 is 2.76 bits per heavy atom. The van der Waals surface area contributed by atoms with E-state index < -0.39 is 0 Å². The van der Waals surface area contributed by atoms with Crippen LogP contribution in [-0.2, 0) is 6.54 Å². The van der Waals surface area contributed by atoms with Gasteiger partial charge in [-0.2, -0.15) is 0 Å². The quantitative estimate of drug-likeness (QED) is 0.777. The largest absolute Gasteiger partial charge is 0.374 e. The zero-order valence-corrected chi connectivity index (χ0v) is 11.1. The molecule has 1 saturated carbocycles. The third kappa shape index (κ3) is 3.74. The van der Waals surface area contributed by atoms with Crippen molar-refractivity contribution in [2.75, 3.05) is 18.5 Å². The van der Waals surface area contributed by atoms with Crippen LogP contribution in [0.1, 0.15) is 38.2 Å². The van der Waals surface area contributed by atoms with Gasteiger partial charge in [0.15, 0.2) is 0 Å². The van der Waals surface area contributed by atoms with Crippen LogP contribution < -0.4 is 10.2 Å². The number of unbranched alkanes of at least 4 members (excludes halogenated alkanes) is 1. The molecule has 0 atom stereocenters. The first-order valence-electron chi connectivity index (χ1n) is 6.83. The van der Waals surface area contributed by atoms with Crippen LogP contribution in [0.2, 0.25) is 0 Å². The lowest BCUT2D eigenvalue weighted by atomic mass is 10.1. The molecule has 94 valence electrons. The van der Waals surface area contributed by atoms with Crippen molar-refractivity contribution in [3.63, 3.8) is 0 Å². The first-order valence-corrected chi connectivity index (χ1v) is 6.83. The van der Waals surface area contributed by atoms with E-state index in [0.717, 1.165) is 19.1 Å². The number of para-hydroxylation sites is 1. The van der Waals surface area contributed by atoms with Crippen molar-refractivity contribution < 1.29 is 0 Å². The van der Waals surface area contributed by atoms with Gasteiger partial charge in [-0.1, -0.05) is 31.5 Å². The Morgan fingerprint density at radius 2 is 2.06 bits per heavy atom. The molecule has 0 aromatic heterocycles. The fourth-order valence-corrected chi connectivity index (χ4v) is 2.09. The predicted molar refractivity (Wildman–Crippen MR) is 74.5 cm³/mol. The highest BCUT2D eigenvalue weighted by atomic mass is 15.1. The van der Waals surface area contributed by atoms with E-state index in [1.165, 1.54) is 36.9 Å². The molecule has 2 nitrogen and oxygen atoms in total. The maximum atomic E-state index is 3.60. The molecule has 0 aliphatic heterocycles. The minimum absolute atomic E-state index is 0.781. The van der Waals surface area contributed by atoms with Gasteiger partial charge in [0.1, 0.15) is 0 Å². The van der Waals surface area contributed by atoms with Gasteiger partial charge < -0.3 is 10.2 Å². The van der Waals surface area contributed by atoms with E-state index in [1.807, 2.05) is 0 Å². The van der Waals surface area contributed by atoms with Gasteiger partial charge in [-0.15, -0.1) is 0 Å². The molecule has 17 heavy (non-hydrogen) atoms. The number of nitrogens with one attached hydrogen (secondary N) is 1. The van der Waals surface area contributed by atoms with Crippen LogP contribution in [0.3, 0.4) is 0 Å². The number of benzene rings is 1. The van der Waals surface area contributed by atoms with E-state index in [0.29, 0.717) is 0 Å². The molecule has 2 rings (SSSR count). The van der Waals surface area contributed by atoms with E-state index in [-0.39, 0.29) is 0 Å². The molecule has 1 N–H and O–H groups in total. The van der Waals surface area contributed by atoms with Crippen molar-refractivity contribution in [1.29, 1.82) is 0 Å². The molecule has 0 radical (unpaired) electrons. The molecule has 2 heteroatoms. The van der Waals surface area contributed by atoms with Crippen LogP contribution in [0.25, 0.3) is 0 Å². The molecule has 0 spiro atoms. The van der Waals surface area contributed by atoms with E-state index in [4.69, 9.17) is 0 Å². The molecule has 1 aliphatic rings. The lowest BCUT2D eigenvalue weighted by molar-refractivity contribution is 0.683. The molecule has 0 unspecified atom stereocenters. The van der Waals surface area contributed by atoms with Gasteiger partial charge in [-0.25, -0.2) is 0 Å². The van der Waals surface area contributed by atoms with Crippen LogP contribution in [0.15, 0.2) is 24.3 Å². The summed E-state index contributed by atoms with van der Waals surface area (Å²) < 4.78 is 0. The summed E-state index contributed by atoms with van der Waals surface area (Å²) in [4.78, 5) is 2.38. The Morgan fingerprint density at radius 1 is 1.29 bits per heavy atom. The van der Waals surface area contributed by atoms with E-state index in [1.54, 1.807) is 0 Å². The average Bonchev–Trinajstić information content (AvgIpc) is 3.18. The summed E-state index contributed by atoms with van der Waals surface area (Å²) in [7, 11) is 2.20. The van der Waals surface area contributed by atoms with Crippen molar-refractivity contribution in [2.24, 2.45) is 0 Å². The van der Waals surface area contributed by atoms with Crippen molar-refractivity contribution in [1.82, 2.24) is 5.32 Å². The monoisotopic (exact) mass is 232 g/mol. The Labute approximate surface area is 105 Å². The van der Waals surface area contributed by atoms with Crippen LogP contribution in [0, 0.1) is 0 Å². The summed E-state index contributed by atoms with van der Waals surface area (Å²) in [5, 5.41) is 3.60. The highest BCUT2D eigenvalue weighted by molar-refractivity contribution is 5.53. The molecule has 0 amide bonds. The zero-order chi connectivity index (χ0) is 12.1. The molecule has 1 aromatic rings. The molecule has 0 heterocycles. The van der Waals surface area contributed by atoms with Gasteiger partial charge in [0.05, 0.1) is 0 Å².